The molecule has 5 rings (SSSR count). The Morgan fingerprint density at radius 1 is 1.17 bits per heavy atom. The Bertz CT molecular complexity index is 933. The van der Waals surface area contributed by atoms with Crippen LogP contribution in [-0.2, 0) is 17.6 Å². The van der Waals surface area contributed by atoms with Crippen molar-refractivity contribution >= 4 is 37.6 Å². The van der Waals surface area contributed by atoms with Crippen LogP contribution in [0.5, 0.6) is 5.88 Å². The highest BCUT2D eigenvalue weighted by molar-refractivity contribution is 7.25. The molecule has 6 nitrogen and oxygen atoms in total. The molecule has 4 heterocycles. The molecule has 3 aromatic rings. The molecular weight excluding hydrogens is 324 g/mol. The smallest absolute Gasteiger partial charge is 0.234 e. The molecule has 0 amide bonds. The van der Waals surface area contributed by atoms with E-state index in [2.05, 4.69) is 14.9 Å². The molecule has 0 bridgehead atoms. The molecule has 124 valence electrons. The van der Waals surface area contributed by atoms with Crippen LogP contribution in [0.3, 0.4) is 0 Å². The fraction of sp³-hybridized carbons (Fsp3) is 0.471. The van der Waals surface area contributed by atoms with Gasteiger partial charge in [0, 0.05) is 18.5 Å². The van der Waals surface area contributed by atoms with Gasteiger partial charge in [0.15, 0.2) is 0 Å². The summed E-state index contributed by atoms with van der Waals surface area (Å²) in [5, 5.41) is 1.21. The van der Waals surface area contributed by atoms with E-state index in [0.717, 1.165) is 60.0 Å². The molecular formula is C17H18N4O2S. The molecule has 1 saturated heterocycles. The standard InChI is InChI=1S/C17H18N4O2S/c1-22-16-14-13(18-9-19-16)12-10-3-2-4-11(10)15(20-17(12)24-14)21-5-7-23-8-6-21/h9H,2-8H2,1H3. The third-order valence-electron chi connectivity index (χ3n) is 4.92. The molecule has 0 radical (unpaired) electrons. The fourth-order valence-corrected chi connectivity index (χ4v) is 4.96. The number of aryl methyl sites for hydroxylation is 1. The summed E-state index contributed by atoms with van der Waals surface area (Å²) in [5.74, 6) is 1.79. The Morgan fingerprint density at radius 2 is 2.00 bits per heavy atom. The number of pyridine rings is 1. The van der Waals surface area contributed by atoms with Crippen LogP contribution in [0.2, 0.25) is 0 Å². The number of nitrogens with zero attached hydrogens (tertiary/aromatic N) is 4. The number of anilines is 1. The Kier molecular flexibility index (Phi) is 3.31. The van der Waals surface area contributed by atoms with E-state index >= 15 is 0 Å². The second kappa shape index (κ2) is 5.53. The molecule has 24 heavy (non-hydrogen) atoms. The van der Waals surface area contributed by atoms with Crippen molar-refractivity contribution < 1.29 is 9.47 Å². The Labute approximate surface area is 143 Å². The van der Waals surface area contributed by atoms with Gasteiger partial charge < -0.3 is 14.4 Å². The van der Waals surface area contributed by atoms with Crippen molar-refractivity contribution in [2.45, 2.75) is 19.3 Å². The minimum Gasteiger partial charge on any atom is -0.480 e. The fourth-order valence-electron chi connectivity index (χ4n) is 3.84. The van der Waals surface area contributed by atoms with Gasteiger partial charge in [-0.05, 0) is 30.4 Å². The van der Waals surface area contributed by atoms with Gasteiger partial charge >= 0.3 is 0 Å². The van der Waals surface area contributed by atoms with Crippen molar-refractivity contribution in [2.75, 3.05) is 38.3 Å². The predicted molar refractivity (Wildman–Crippen MR) is 94.3 cm³/mol. The van der Waals surface area contributed by atoms with E-state index < -0.39 is 0 Å². The van der Waals surface area contributed by atoms with Gasteiger partial charge in [0.25, 0.3) is 0 Å². The largest absolute Gasteiger partial charge is 0.480 e. The number of ether oxygens (including phenoxy) is 2. The Morgan fingerprint density at radius 3 is 2.83 bits per heavy atom. The van der Waals surface area contributed by atoms with Gasteiger partial charge in [-0.1, -0.05) is 0 Å². The summed E-state index contributed by atoms with van der Waals surface area (Å²) in [6.07, 6.45) is 4.98. The van der Waals surface area contributed by atoms with Gasteiger partial charge in [-0.25, -0.2) is 15.0 Å². The lowest BCUT2D eigenvalue weighted by Crippen LogP contribution is -2.37. The topological polar surface area (TPSA) is 60.4 Å². The van der Waals surface area contributed by atoms with Gasteiger partial charge in [0.05, 0.1) is 25.8 Å². The average molecular weight is 342 g/mol. The average Bonchev–Trinajstić information content (AvgIpc) is 3.25. The van der Waals surface area contributed by atoms with Crippen LogP contribution < -0.4 is 9.64 Å². The van der Waals surface area contributed by atoms with Crippen molar-refractivity contribution in [3.05, 3.63) is 17.5 Å². The number of aromatic nitrogens is 3. The molecule has 7 heteroatoms. The molecule has 3 aromatic heterocycles. The second-order valence-corrected chi connectivity index (χ2v) is 7.19. The normalized spacial score (nSPS) is 17.6. The Balaban J connectivity index is 1.80. The van der Waals surface area contributed by atoms with Crippen molar-refractivity contribution in [3.63, 3.8) is 0 Å². The highest BCUT2D eigenvalue weighted by Gasteiger charge is 2.27. The van der Waals surface area contributed by atoms with Gasteiger partial charge in [0.2, 0.25) is 5.88 Å². The van der Waals surface area contributed by atoms with E-state index in [1.807, 2.05) is 0 Å². The number of fused-ring (bicyclic) bond motifs is 5. The van der Waals surface area contributed by atoms with Gasteiger partial charge in [-0.3, -0.25) is 0 Å². The summed E-state index contributed by atoms with van der Waals surface area (Å²) in [6, 6.07) is 0. The van der Waals surface area contributed by atoms with Crippen LogP contribution in [0, 0.1) is 0 Å². The molecule has 0 atom stereocenters. The molecule has 0 aromatic carbocycles. The first-order valence-electron chi connectivity index (χ1n) is 8.32. The lowest BCUT2D eigenvalue weighted by Gasteiger charge is -2.29. The summed E-state index contributed by atoms with van der Waals surface area (Å²) in [5.41, 5.74) is 3.82. The highest BCUT2D eigenvalue weighted by atomic mass is 32.1. The maximum Gasteiger partial charge on any atom is 0.234 e. The van der Waals surface area contributed by atoms with Gasteiger partial charge in [0.1, 0.15) is 21.7 Å². The Hall–Kier alpha value is -1.99. The van der Waals surface area contributed by atoms with E-state index in [1.54, 1.807) is 24.8 Å². The predicted octanol–water partition coefficient (Wildman–Crippen LogP) is 2.57. The van der Waals surface area contributed by atoms with Crippen molar-refractivity contribution in [2.24, 2.45) is 0 Å². The van der Waals surface area contributed by atoms with E-state index in [9.17, 15) is 0 Å². The quantitative estimate of drug-likeness (QED) is 0.713. The summed E-state index contributed by atoms with van der Waals surface area (Å²) in [4.78, 5) is 17.3. The molecule has 0 unspecified atom stereocenters. The maximum absolute atomic E-state index is 5.50. The summed E-state index contributed by atoms with van der Waals surface area (Å²) in [7, 11) is 1.66. The zero-order chi connectivity index (χ0) is 16.1. The number of morpholine rings is 1. The maximum atomic E-state index is 5.50. The lowest BCUT2D eigenvalue weighted by atomic mass is 10.1. The zero-order valence-corrected chi connectivity index (χ0v) is 14.4. The van der Waals surface area contributed by atoms with Crippen LogP contribution in [-0.4, -0.2) is 48.4 Å². The summed E-state index contributed by atoms with van der Waals surface area (Å²) in [6.45, 7) is 3.39. The SMILES string of the molecule is COc1ncnc2c1sc1nc(N3CCOCC3)c3c(c12)CCC3. The van der Waals surface area contributed by atoms with E-state index in [-0.39, 0.29) is 0 Å². The van der Waals surface area contributed by atoms with Crippen LogP contribution >= 0.6 is 11.3 Å². The van der Waals surface area contributed by atoms with Crippen molar-refractivity contribution in [3.8, 4) is 5.88 Å². The first-order valence-corrected chi connectivity index (χ1v) is 9.14. The number of hydrogen-bond acceptors (Lipinski definition) is 7. The van der Waals surface area contributed by atoms with Crippen molar-refractivity contribution in [1.82, 2.24) is 15.0 Å². The third kappa shape index (κ3) is 2.01. The van der Waals surface area contributed by atoms with Crippen LogP contribution in [0.1, 0.15) is 17.5 Å². The van der Waals surface area contributed by atoms with Gasteiger partial charge in [-0.2, -0.15) is 0 Å². The van der Waals surface area contributed by atoms with Crippen LogP contribution in [0.25, 0.3) is 20.4 Å². The minimum atomic E-state index is 0.641. The molecule has 1 aliphatic carbocycles. The van der Waals surface area contributed by atoms with Crippen LogP contribution in [0.15, 0.2) is 6.33 Å². The number of rotatable bonds is 2. The molecule has 0 N–H and O–H groups in total. The van der Waals surface area contributed by atoms with E-state index in [4.69, 9.17) is 14.5 Å². The summed E-state index contributed by atoms with van der Waals surface area (Å²) >= 11 is 1.64. The number of methoxy groups -OCH3 is 1. The second-order valence-electron chi connectivity index (χ2n) is 6.19. The highest BCUT2D eigenvalue weighted by Crippen LogP contribution is 2.43. The molecule has 1 aliphatic heterocycles. The molecule has 1 fully saturated rings. The molecule has 0 spiro atoms. The third-order valence-corrected chi connectivity index (χ3v) is 5.98. The monoisotopic (exact) mass is 342 g/mol. The zero-order valence-electron chi connectivity index (χ0n) is 13.5. The van der Waals surface area contributed by atoms with Crippen molar-refractivity contribution in [1.29, 1.82) is 0 Å². The molecule has 0 saturated carbocycles. The van der Waals surface area contributed by atoms with E-state index in [1.165, 1.54) is 22.9 Å². The first kappa shape index (κ1) is 14.4. The number of hydrogen-bond donors (Lipinski definition) is 0. The minimum absolute atomic E-state index is 0.641. The van der Waals surface area contributed by atoms with Crippen LogP contribution in [0.4, 0.5) is 5.82 Å². The first-order chi connectivity index (χ1) is 11.9. The molecule has 2 aliphatic rings. The summed E-state index contributed by atoms with van der Waals surface area (Å²) < 4.78 is 11.9. The number of thiophene rings is 1. The van der Waals surface area contributed by atoms with E-state index in [0.29, 0.717) is 5.88 Å². The lowest BCUT2D eigenvalue weighted by molar-refractivity contribution is 0.122. The van der Waals surface area contributed by atoms with Gasteiger partial charge in [-0.15, -0.1) is 11.3 Å².